The van der Waals surface area contributed by atoms with Crippen LogP contribution < -0.4 is 17.2 Å². The van der Waals surface area contributed by atoms with Gasteiger partial charge in [0.05, 0.1) is 11.3 Å². The van der Waals surface area contributed by atoms with Crippen molar-refractivity contribution in [1.82, 2.24) is 0 Å². The van der Waals surface area contributed by atoms with Gasteiger partial charge in [-0.2, -0.15) is 0 Å². The smallest absolute Gasteiger partial charge is 0.250 e. The molecule has 0 saturated carbocycles. The van der Waals surface area contributed by atoms with Crippen LogP contribution in [0.15, 0.2) is 12.1 Å². The standard InChI is InChI=1S/C7H8FN3O/c8-4-2-5(9)3(7(11)12)1-6(4)10/h1-2H,9-10H2,(H2,11,12). The molecule has 0 saturated heterocycles. The first-order chi connectivity index (χ1) is 5.52. The topological polar surface area (TPSA) is 95.1 Å². The van der Waals surface area contributed by atoms with E-state index in [-0.39, 0.29) is 16.9 Å². The summed E-state index contributed by atoms with van der Waals surface area (Å²) in [5.74, 6) is -1.38. The van der Waals surface area contributed by atoms with Crippen LogP contribution in [0.3, 0.4) is 0 Å². The molecule has 0 atom stereocenters. The van der Waals surface area contributed by atoms with Crippen molar-refractivity contribution in [3.8, 4) is 0 Å². The zero-order valence-electron chi connectivity index (χ0n) is 6.17. The molecule has 1 amide bonds. The number of halogens is 1. The number of primary amides is 1. The van der Waals surface area contributed by atoms with Crippen molar-refractivity contribution < 1.29 is 9.18 Å². The van der Waals surface area contributed by atoms with Crippen LogP contribution in [0.1, 0.15) is 10.4 Å². The van der Waals surface area contributed by atoms with Gasteiger partial charge < -0.3 is 17.2 Å². The maximum atomic E-state index is 12.7. The molecule has 0 aliphatic carbocycles. The normalized spacial score (nSPS) is 9.75. The molecule has 0 bridgehead atoms. The van der Waals surface area contributed by atoms with Gasteiger partial charge in [0.2, 0.25) is 0 Å². The summed E-state index contributed by atoms with van der Waals surface area (Å²) in [5.41, 5.74) is 15.3. The Morgan fingerprint density at radius 2 is 1.83 bits per heavy atom. The van der Waals surface area contributed by atoms with Gasteiger partial charge in [0, 0.05) is 5.69 Å². The highest BCUT2D eigenvalue weighted by Crippen LogP contribution is 2.18. The lowest BCUT2D eigenvalue weighted by molar-refractivity contribution is 0.100. The Balaban J connectivity index is 3.33. The molecular weight excluding hydrogens is 161 g/mol. The van der Waals surface area contributed by atoms with Crippen molar-refractivity contribution in [2.45, 2.75) is 0 Å². The fourth-order valence-corrected chi connectivity index (χ4v) is 0.819. The average molecular weight is 169 g/mol. The molecule has 12 heavy (non-hydrogen) atoms. The fourth-order valence-electron chi connectivity index (χ4n) is 0.819. The first kappa shape index (κ1) is 8.32. The van der Waals surface area contributed by atoms with Crippen LogP contribution in [0.4, 0.5) is 15.8 Å². The van der Waals surface area contributed by atoms with E-state index in [1.165, 1.54) is 0 Å². The third-order valence-corrected chi connectivity index (χ3v) is 1.43. The molecule has 5 heteroatoms. The molecule has 1 aromatic carbocycles. The van der Waals surface area contributed by atoms with Crippen LogP contribution in [-0.2, 0) is 0 Å². The first-order valence-electron chi connectivity index (χ1n) is 3.16. The van der Waals surface area contributed by atoms with E-state index in [1.54, 1.807) is 0 Å². The Kier molecular flexibility index (Phi) is 1.86. The second kappa shape index (κ2) is 2.69. The van der Waals surface area contributed by atoms with Gasteiger partial charge in [-0.25, -0.2) is 4.39 Å². The lowest BCUT2D eigenvalue weighted by Gasteiger charge is -2.03. The van der Waals surface area contributed by atoms with Crippen molar-refractivity contribution in [2.75, 3.05) is 11.5 Å². The van der Waals surface area contributed by atoms with E-state index in [0.717, 1.165) is 12.1 Å². The number of nitrogens with two attached hydrogens (primary N) is 3. The summed E-state index contributed by atoms with van der Waals surface area (Å²) in [6, 6.07) is 2.09. The molecule has 6 N–H and O–H groups in total. The highest BCUT2D eigenvalue weighted by atomic mass is 19.1. The van der Waals surface area contributed by atoms with E-state index in [0.29, 0.717) is 0 Å². The number of anilines is 2. The molecule has 0 aromatic heterocycles. The number of amides is 1. The summed E-state index contributed by atoms with van der Waals surface area (Å²) in [4.78, 5) is 10.6. The van der Waals surface area contributed by atoms with E-state index in [9.17, 15) is 9.18 Å². The maximum Gasteiger partial charge on any atom is 0.250 e. The Morgan fingerprint density at radius 3 is 2.33 bits per heavy atom. The van der Waals surface area contributed by atoms with Crippen molar-refractivity contribution in [3.05, 3.63) is 23.5 Å². The number of rotatable bonds is 1. The van der Waals surface area contributed by atoms with Crippen LogP contribution in [0.5, 0.6) is 0 Å². The number of carbonyl (C=O) groups is 1. The van der Waals surface area contributed by atoms with E-state index < -0.39 is 11.7 Å². The molecule has 4 nitrogen and oxygen atoms in total. The number of hydrogen-bond acceptors (Lipinski definition) is 3. The monoisotopic (exact) mass is 169 g/mol. The highest BCUT2D eigenvalue weighted by Gasteiger charge is 2.09. The van der Waals surface area contributed by atoms with E-state index in [2.05, 4.69) is 0 Å². The maximum absolute atomic E-state index is 12.7. The molecule has 1 aromatic rings. The lowest BCUT2D eigenvalue weighted by Crippen LogP contribution is -2.14. The molecule has 1 rings (SSSR count). The third-order valence-electron chi connectivity index (χ3n) is 1.43. The summed E-state index contributed by atoms with van der Waals surface area (Å²) in [5, 5.41) is 0. The van der Waals surface area contributed by atoms with Gasteiger partial charge in [0.25, 0.3) is 5.91 Å². The SMILES string of the molecule is NC(=O)c1cc(N)c(F)cc1N. The van der Waals surface area contributed by atoms with Crippen LogP contribution >= 0.6 is 0 Å². The third kappa shape index (κ3) is 1.29. The van der Waals surface area contributed by atoms with E-state index in [1.807, 2.05) is 0 Å². The molecule has 0 unspecified atom stereocenters. The summed E-state index contributed by atoms with van der Waals surface area (Å²) in [6.07, 6.45) is 0. The van der Waals surface area contributed by atoms with Crippen molar-refractivity contribution >= 4 is 17.3 Å². The summed E-state index contributed by atoms with van der Waals surface area (Å²) >= 11 is 0. The molecule has 64 valence electrons. The largest absolute Gasteiger partial charge is 0.398 e. The van der Waals surface area contributed by atoms with E-state index >= 15 is 0 Å². The number of nitrogen functional groups attached to an aromatic ring is 2. The minimum atomic E-state index is -0.723. The van der Waals surface area contributed by atoms with Crippen LogP contribution in [0, 0.1) is 5.82 Å². The van der Waals surface area contributed by atoms with Gasteiger partial charge in [-0.05, 0) is 12.1 Å². The van der Waals surface area contributed by atoms with Crippen LogP contribution in [-0.4, -0.2) is 5.91 Å². The van der Waals surface area contributed by atoms with Crippen LogP contribution in [0.25, 0.3) is 0 Å². The minimum Gasteiger partial charge on any atom is -0.398 e. The number of benzene rings is 1. The summed E-state index contributed by atoms with van der Waals surface area (Å²) < 4.78 is 12.7. The van der Waals surface area contributed by atoms with Gasteiger partial charge in [0.15, 0.2) is 0 Å². The Morgan fingerprint density at radius 1 is 1.25 bits per heavy atom. The molecular formula is C7H8FN3O. The average Bonchev–Trinajstić information content (AvgIpc) is 1.96. The molecule has 0 aliphatic rings. The lowest BCUT2D eigenvalue weighted by atomic mass is 10.1. The second-order valence-corrected chi connectivity index (χ2v) is 2.33. The molecule has 0 spiro atoms. The van der Waals surface area contributed by atoms with Crippen LogP contribution in [0.2, 0.25) is 0 Å². The summed E-state index contributed by atoms with van der Waals surface area (Å²) in [6.45, 7) is 0. The number of carbonyl (C=O) groups excluding carboxylic acids is 1. The minimum absolute atomic E-state index is 0.00537. The number of hydrogen-bond donors (Lipinski definition) is 3. The van der Waals surface area contributed by atoms with Crippen molar-refractivity contribution in [3.63, 3.8) is 0 Å². The quantitative estimate of drug-likeness (QED) is 0.520. The Bertz CT molecular complexity index is 338. The van der Waals surface area contributed by atoms with Gasteiger partial charge >= 0.3 is 0 Å². The second-order valence-electron chi connectivity index (χ2n) is 2.33. The van der Waals surface area contributed by atoms with Crippen molar-refractivity contribution in [1.29, 1.82) is 0 Å². The van der Waals surface area contributed by atoms with Crippen molar-refractivity contribution in [2.24, 2.45) is 5.73 Å². The molecule has 0 heterocycles. The first-order valence-corrected chi connectivity index (χ1v) is 3.16. The zero-order valence-corrected chi connectivity index (χ0v) is 6.17. The zero-order chi connectivity index (χ0) is 9.30. The van der Waals surface area contributed by atoms with Gasteiger partial charge in [-0.15, -0.1) is 0 Å². The fraction of sp³-hybridized carbons (Fsp3) is 0. The molecule has 0 fully saturated rings. The predicted octanol–water partition coefficient (Wildman–Crippen LogP) is 0.0890. The van der Waals surface area contributed by atoms with Gasteiger partial charge in [-0.3, -0.25) is 4.79 Å². The predicted molar refractivity (Wildman–Crippen MR) is 43.7 cm³/mol. The Labute approximate surface area is 68.1 Å². The summed E-state index contributed by atoms with van der Waals surface area (Å²) in [7, 11) is 0. The van der Waals surface area contributed by atoms with E-state index in [4.69, 9.17) is 17.2 Å². The van der Waals surface area contributed by atoms with Gasteiger partial charge in [0.1, 0.15) is 5.82 Å². The molecule has 0 radical (unpaired) electrons. The highest BCUT2D eigenvalue weighted by molar-refractivity contribution is 5.98. The van der Waals surface area contributed by atoms with Gasteiger partial charge in [-0.1, -0.05) is 0 Å². The molecule has 0 aliphatic heterocycles. The Hall–Kier alpha value is -1.78.